The van der Waals surface area contributed by atoms with Crippen LogP contribution in [0.25, 0.3) is 0 Å². The molecule has 0 aliphatic carbocycles. The molecule has 1 aromatic carbocycles. The molecular weight excluding hydrogens is 358 g/mol. The number of nitrogens with one attached hydrogen (secondary N) is 1. The van der Waals surface area contributed by atoms with Gasteiger partial charge in [0.2, 0.25) is 5.91 Å². The third-order valence-corrected chi connectivity index (χ3v) is 6.25. The van der Waals surface area contributed by atoms with Crippen LogP contribution in [0.4, 0.5) is 5.69 Å². The van der Waals surface area contributed by atoms with Crippen molar-refractivity contribution in [2.24, 2.45) is 0 Å². The number of amides is 1. The van der Waals surface area contributed by atoms with E-state index in [1.54, 1.807) is 4.90 Å². The minimum Gasteiger partial charge on any atom is -0.865 e. The number of methoxy groups -OCH3 is 1. The lowest BCUT2D eigenvalue weighted by Crippen LogP contribution is -3.13. The number of hydrogen-bond acceptors (Lipinski definition) is 6. The summed E-state index contributed by atoms with van der Waals surface area (Å²) in [5, 5.41) is 22.9. The zero-order valence-corrected chi connectivity index (χ0v) is 15.5. The van der Waals surface area contributed by atoms with E-state index in [0.717, 1.165) is 19.6 Å². The van der Waals surface area contributed by atoms with Crippen LogP contribution in [0.2, 0.25) is 0 Å². The zero-order valence-electron chi connectivity index (χ0n) is 14.7. The first kappa shape index (κ1) is 18.8. The van der Waals surface area contributed by atoms with Crippen LogP contribution in [0.15, 0.2) is 12.1 Å². The summed E-state index contributed by atoms with van der Waals surface area (Å²) in [4.78, 5) is 26.1. The minimum atomic E-state index is -0.736. The van der Waals surface area contributed by atoms with Crippen LogP contribution in [0, 0.1) is 10.1 Å². The number of nitrogens with zero attached hydrogens (tertiary/aromatic N) is 2. The molecule has 8 nitrogen and oxygen atoms in total. The predicted molar refractivity (Wildman–Crippen MR) is 95.4 cm³/mol. The number of likely N-dealkylation sites (tertiary alicyclic amines) is 1. The molecule has 142 valence electrons. The van der Waals surface area contributed by atoms with E-state index in [2.05, 4.69) is 0 Å². The fourth-order valence-electron chi connectivity index (χ4n) is 3.59. The molecule has 2 aliphatic rings. The number of thioether (sulfide) groups is 1. The third kappa shape index (κ3) is 3.88. The van der Waals surface area contributed by atoms with Crippen molar-refractivity contribution in [1.82, 2.24) is 4.90 Å². The summed E-state index contributed by atoms with van der Waals surface area (Å²) in [7, 11) is 1.31. The van der Waals surface area contributed by atoms with Gasteiger partial charge in [-0.1, -0.05) is 0 Å². The fraction of sp³-hybridized carbons (Fsp3) is 0.588. The summed E-state index contributed by atoms with van der Waals surface area (Å²) >= 11 is 1.43. The van der Waals surface area contributed by atoms with E-state index >= 15 is 0 Å². The minimum absolute atomic E-state index is 0.0317. The van der Waals surface area contributed by atoms with Crippen LogP contribution in [0.5, 0.6) is 11.5 Å². The number of benzene rings is 1. The fourth-order valence-corrected chi connectivity index (χ4v) is 4.79. The molecule has 0 spiro atoms. The smallest absolute Gasteiger partial charge is 0.265 e. The van der Waals surface area contributed by atoms with Gasteiger partial charge in [-0.25, -0.2) is 0 Å². The molecule has 2 fully saturated rings. The normalized spacial score (nSPS) is 21.2. The number of quaternary nitrogens is 1. The van der Waals surface area contributed by atoms with Crippen molar-refractivity contribution in [2.45, 2.75) is 24.6 Å². The maximum absolute atomic E-state index is 12.3. The van der Waals surface area contributed by atoms with Crippen LogP contribution in [-0.4, -0.2) is 54.8 Å². The van der Waals surface area contributed by atoms with Gasteiger partial charge in [0.1, 0.15) is 11.1 Å². The Morgan fingerprint density at radius 2 is 2.08 bits per heavy atom. The number of carbonyl (C=O) groups is 1. The second-order valence-electron chi connectivity index (χ2n) is 6.64. The largest absolute Gasteiger partial charge is 0.865 e. The second kappa shape index (κ2) is 8.13. The maximum atomic E-state index is 12.3. The van der Waals surface area contributed by atoms with Crippen molar-refractivity contribution in [3.05, 3.63) is 27.8 Å². The van der Waals surface area contributed by atoms with Gasteiger partial charge in [0.05, 0.1) is 44.0 Å². The third-order valence-electron chi connectivity index (χ3n) is 4.99. The van der Waals surface area contributed by atoms with Crippen molar-refractivity contribution in [3.63, 3.8) is 0 Å². The molecule has 9 heteroatoms. The van der Waals surface area contributed by atoms with Gasteiger partial charge >= 0.3 is 0 Å². The molecule has 0 unspecified atom stereocenters. The lowest BCUT2D eigenvalue weighted by Gasteiger charge is -2.29. The van der Waals surface area contributed by atoms with Crippen LogP contribution in [0.1, 0.15) is 30.2 Å². The van der Waals surface area contributed by atoms with Gasteiger partial charge in [0.25, 0.3) is 5.69 Å². The maximum Gasteiger partial charge on any atom is 0.265 e. The zero-order chi connectivity index (χ0) is 18.7. The van der Waals surface area contributed by atoms with E-state index in [1.807, 2.05) is 0 Å². The summed E-state index contributed by atoms with van der Waals surface area (Å²) in [5.74, 6) is -0.422. The molecule has 1 aromatic rings. The average molecular weight is 381 g/mol. The number of carbonyl (C=O) groups excluding carboxylic acids is 1. The second-order valence-corrected chi connectivity index (χ2v) is 7.71. The molecule has 1 N–H and O–H groups in total. The highest BCUT2D eigenvalue weighted by Gasteiger charge is 2.35. The average Bonchev–Trinajstić information content (AvgIpc) is 3.01. The highest BCUT2D eigenvalue weighted by atomic mass is 32.2. The Kier molecular flexibility index (Phi) is 5.87. The van der Waals surface area contributed by atoms with E-state index in [4.69, 9.17) is 4.74 Å². The first-order valence-corrected chi connectivity index (χ1v) is 9.84. The first-order chi connectivity index (χ1) is 12.5. The van der Waals surface area contributed by atoms with Gasteiger partial charge in [-0.2, -0.15) is 0 Å². The number of piperidine rings is 1. The Labute approximate surface area is 156 Å². The highest BCUT2D eigenvalue weighted by Crippen LogP contribution is 2.43. The lowest BCUT2D eigenvalue weighted by molar-refractivity contribution is -0.904. The number of hydrogen-bond donors (Lipinski definition) is 1. The summed E-state index contributed by atoms with van der Waals surface area (Å²) in [6, 6.07) is 2.80. The Balaban J connectivity index is 1.81. The van der Waals surface area contributed by atoms with Crippen molar-refractivity contribution in [1.29, 1.82) is 0 Å². The van der Waals surface area contributed by atoms with E-state index < -0.39 is 16.4 Å². The molecule has 2 heterocycles. The molecular formula is C17H23N3O5S. The van der Waals surface area contributed by atoms with Gasteiger partial charge in [0, 0.05) is 11.8 Å². The van der Waals surface area contributed by atoms with Crippen LogP contribution in [-0.2, 0) is 4.79 Å². The van der Waals surface area contributed by atoms with Gasteiger partial charge in [-0.05, 0) is 30.9 Å². The van der Waals surface area contributed by atoms with Crippen molar-refractivity contribution in [2.75, 3.05) is 39.0 Å². The van der Waals surface area contributed by atoms with Crippen LogP contribution >= 0.6 is 11.8 Å². The van der Waals surface area contributed by atoms with Gasteiger partial charge in [0.15, 0.2) is 0 Å². The lowest BCUT2D eigenvalue weighted by atomic mass is 10.1. The number of rotatable bonds is 6. The number of ether oxygens (including phenoxy) is 1. The molecule has 0 saturated carbocycles. The highest BCUT2D eigenvalue weighted by molar-refractivity contribution is 8.00. The van der Waals surface area contributed by atoms with Gasteiger partial charge in [-0.3, -0.25) is 14.9 Å². The molecule has 26 heavy (non-hydrogen) atoms. The van der Waals surface area contributed by atoms with Crippen molar-refractivity contribution >= 4 is 23.4 Å². The first-order valence-electron chi connectivity index (χ1n) is 8.79. The Bertz CT molecular complexity index is 693. The molecule has 0 radical (unpaired) electrons. The molecule has 2 aliphatic heterocycles. The SMILES string of the molecule is COc1cc([C@H]2SCC(=O)N2CC[NH+]2CCCCC2)cc([N+](=O)[O-])c1[O-]. The van der Waals surface area contributed by atoms with Crippen molar-refractivity contribution in [3.8, 4) is 11.5 Å². The molecule has 1 atom stereocenters. The molecule has 0 bridgehead atoms. The molecule has 1 amide bonds. The predicted octanol–water partition coefficient (Wildman–Crippen LogP) is 0.320. The quantitative estimate of drug-likeness (QED) is 0.563. The topological polar surface area (TPSA) is 100 Å². The van der Waals surface area contributed by atoms with Gasteiger partial charge in [-0.15, -0.1) is 11.8 Å². The van der Waals surface area contributed by atoms with Crippen molar-refractivity contribution < 1.29 is 24.5 Å². The van der Waals surface area contributed by atoms with E-state index in [-0.39, 0.29) is 17.0 Å². The van der Waals surface area contributed by atoms with E-state index in [0.29, 0.717) is 17.9 Å². The summed E-state index contributed by atoms with van der Waals surface area (Å²) in [5.41, 5.74) is 0.0542. The summed E-state index contributed by atoms with van der Waals surface area (Å²) in [6.45, 7) is 3.75. The summed E-state index contributed by atoms with van der Waals surface area (Å²) in [6.07, 6.45) is 3.71. The molecule has 0 aromatic heterocycles. The van der Waals surface area contributed by atoms with E-state index in [1.165, 1.54) is 55.2 Å². The van der Waals surface area contributed by atoms with Crippen LogP contribution < -0.4 is 14.7 Å². The van der Waals surface area contributed by atoms with Crippen LogP contribution in [0.3, 0.4) is 0 Å². The molecule has 3 rings (SSSR count). The molecule has 2 saturated heterocycles. The Hall–Kier alpha value is -2.00. The number of nitro benzene ring substituents is 1. The Morgan fingerprint density at radius 1 is 1.35 bits per heavy atom. The van der Waals surface area contributed by atoms with Gasteiger partial charge < -0.3 is 19.6 Å². The summed E-state index contributed by atoms with van der Waals surface area (Å²) < 4.78 is 5.02. The number of nitro groups is 1. The monoisotopic (exact) mass is 381 g/mol. The van der Waals surface area contributed by atoms with E-state index in [9.17, 15) is 20.0 Å². The standard InChI is InChI=1S/C17H23N3O5S/c1-25-14-10-12(9-13(16(14)22)20(23)24)17-19(15(21)11-26-17)8-7-18-5-3-2-4-6-18/h9-10,17,22H,2-8,11H2,1H3/t17-/m1/s1. The Morgan fingerprint density at radius 3 is 2.73 bits per heavy atom.